The summed E-state index contributed by atoms with van der Waals surface area (Å²) in [5.41, 5.74) is 5.48. The van der Waals surface area contributed by atoms with E-state index >= 15 is 0 Å². The number of hydrogen-bond donors (Lipinski definition) is 3. The van der Waals surface area contributed by atoms with Gasteiger partial charge in [-0.3, -0.25) is 9.59 Å². The number of rotatable bonds is 5. The first-order valence-corrected chi connectivity index (χ1v) is 12.8. The van der Waals surface area contributed by atoms with Gasteiger partial charge in [0, 0.05) is 22.9 Å². The first-order valence-electron chi connectivity index (χ1n) is 12.4. The third-order valence-electron chi connectivity index (χ3n) is 7.61. The second-order valence-corrected chi connectivity index (χ2v) is 10.5. The van der Waals surface area contributed by atoms with Gasteiger partial charge in [-0.2, -0.15) is 0 Å². The Morgan fingerprint density at radius 2 is 1.75 bits per heavy atom. The largest absolute Gasteiger partial charge is 0.338 e. The summed E-state index contributed by atoms with van der Waals surface area (Å²) in [5.74, 6) is 2.06. The van der Waals surface area contributed by atoms with Crippen LogP contribution < -0.4 is 10.6 Å². The van der Waals surface area contributed by atoms with Crippen molar-refractivity contribution >= 4 is 45.8 Å². The zero-order valence-electron chi connectivity index (χ0n) is 20.0. The van der Waals surface area contributed by atoms with Gasteiger partial charge in [0.1, 0.15) is 5.82 Å². The molecular formula is C29H27ClN4O2. The van der Waals surface area contributed by atoms with E-state index in [4.69, 9.17) is 16.6 Å². The molecule has 36 heavy (non-hydrogen) atoms. The SMILES string of the molecule is Cc1ccc(C(=O)Nc2ccc(-c3nc4ccc(NC(=O)C5CC6CCC5C6)cc4[nH]3)cc2)c(Cl)c1. The van der Waals surface area contributed by atoms with E-state index in [1.807, 2.05) is 55.5 Å². The quantitative estimate of drug-likeness (QED) is 0.282. The molecule has 2 fully saturated rings. The average molecular weight is 499 g/mol. The van der Waals surface area contributed by atoms with Crippen LogP contribution >= 0.6 is 11.6 Å². The van der Waals surface area contributed by atoms with Crippen LogP contribution in [0.1, 0.15) is 41.6 Å². The number of nitrogens with zero attached hydrogens (tertiary/aromatic N) is 1. The van der Waals surface area contributed by atoms with Crippen molar-refractivity contribution in [2.45, 2.75) is 32.6 Å². The smallest absolute Gasteiger partial charge is 0.257 e. The summed E-state index contributed by atoms with van der Waals surface area (Å²) in [4.78, 5) is 33.5. The molecule has 3 unspecified atom stereocenters. The number of anilines is 2. The summed E-state index contributed by atoms with van der Waals surface area (Å²) in [5, 5.41) is 6.44. The molecule has 2 saturated carbocycles. The van der Waals surface area contributed by atoms with Gasteiger partial charge in [0.25, 0.3) is 5.91 Å². The second-order valence-electron chi connectivity index (χ2n) is 10.1. The van der Waals surface area contributed by atoms with Gasteiger partial charge in [0.2, 0.25) is 5.91 Å². The molecule has 3 aromatic carbocycles. The van der Waals surface area contributed by atoms with E-state index in [9.17, 15) is 9.59 Å². The Bertz CT molecular complexity index is 1480. The highest BCUT2D eigenvalue weighted by atomic mass is 35.5. The number of aromatic amines is 1. The van der Waals surface area contributed by atoms with Crippen LogP contribution in [0.25, 0.3) is 22.4 Å². The molecule has 1 heterocycles. The first kappa shape index (κ1) is 22.8. The number of amides is 2. The predicted molar refractivity (Wildman–Crippen MR) is 143 cm³/mol. The summed E-state index contributed by atoms with van der Waals surface area (Å²) < 4.78 is 0. The lowest BCUT2D eigenvalue weighted by Crippen LogP contribution is -2.27. The predicted octanol–water partition coefficient (Wildman–Crippen LogP) is 6.82. The molecule has 0 saturated heterocycles. The minimum Gasteiger partial charge on any atom is -0.338 e. The van der Waals surface area contributed by atoms with Crippen molar-refractivity contribution in [2.75, 3.05) is 10.6 Å². The molecule has 2 amide bonds. The van der Waals surface area contributed by atoms with Crippen molar-refractivity contribution in [3.05, 3.63) is 76.8 Å². The Balaban J connectivity index is 1.15. The summed E-state index contributed by atoms with van der Waals surface area (Å²) in [6, 6.07) is 18.6. The summed E-state index contributed by atoms with van der Waals surface area (Å²) >= 11 is 6.22. The zero-order chi connectivity index (χ0) is 24.8. The molecule has 2 aliphatic carbocycles. The van der Waals surface area contributed by atoms with Crippen LogP contribution in [0, 0.1) is 24.7 Å². The highest BCUT2D eigenvalue weighted by molar-refractivity contribution is 6.34. The maximum atomic E-state index is 12.8. The fraction of sp³-hybridized carbons (Fsp3) is 0.276. The molecule has 1 aromatic heterocycles. The molecule has 0 spiro atoms. The van der Waals surface area contributed by atoms with E-state index in [0.29, 0.717) is 22.2 Å². The number of halogens is 1. The maximum absolute atomic E-state index is 12.8. The Morgan fingerprint density at radius 3 is 2.47 bits per heavy atom. The third kappa shape index (κ3) is 4.37. The van der Waals surface area contributed by atoms with Crippen LogP contribution in [0.5, 0.6) is 0 Å². The Morgan fingerprint density at radius 1 is 0.944 bits per heavy atom. The first-order chi connectivity index (χ1) is 17.4. The van der Waals surface area contributed by atoms with Crippen molar-refractivity contribution in [1.82, 2.24) is 9.97 Å². The number of carbonyl (C=O) groups is 2. The number of fused-ring (bicyclic) bond motifs is 3. The van der Waals surface area contributed by atoms with Crippen molar-refractivity contribution < 1.29 is 9.59 Å². The molecule has 3 N–H and O–H groups in total. The van der Waals surface area contributed by atoms with E-state index in [1.165, 1.54) is 19.3 Å². The maximum Gasteiger partial charge on any atom is 0.257 e. The van der Waals surface area contributed by atoms with Gasteiger partial charge < -0.3 is 15.6 Å². The van der Waals surface area contributed by atoms with E-state index < -0.39 is 0 Å². The molecule has 0 radical (unpaired) electrons. The van der Waals surface area contributed by atoms with Crippen LogP contribution in [-0.4, -0.2) is 21.8 Å². The number of imidazole rings is 1. The normalized spacial score (nSPS) is 20.6. The number of nitrogens with one attached hydrogen (secondary N) is 3. The van der Waals surface area contributed by atoms with Gasteiger partial charge in [0.05, 0.1) is 21.6 Å². The standard InChI is InChI=1S/C29H27ClN4O2/c1-16-2-10-22(24(30)12-16)28(35)31-20-7-5-18(6-8-20)27-33-25-11-9-21(15-26(25)34-27)32-29(36)23-14-17-3-4-19(23)13-17/h2,5-12,15,17,19,23H,3-4,13-14H2,1H3,(H,31,35)(H,32,36)(H,33,34). The van der Waals surface area contributed by atoms with E-state index in [0.717, 1.165) is 46.0 Å². The van der Waals surface area contributed by atoms with Gasteiger partial charge in [-0.25, -0.2) is 4.98 Å². The van der Waals surface area contributed by atoms with Gasteiger partial charge in [-0.15, -0.1) is 0 Å². The Kier molecular flexibility index (Phi) is 5.76. The number of hydrogen-bond acceptors (Lipinski definition) is 3. The minimum atomic E-state index is -0.253. The van der Waals surface area contributed by atoms with Crippen LogP contribution in [0.2, 0.25) is 5.02 Å². The molecule has 182 valence electrons. The number of carbonyl (C=O) groups excluding carboxylic acids is 2. The minimum absolute atomic E-state index is 0.144. The van der Waals surface area contributed by atoms with Gasteiger partial charge in [-0.1, -0.05) is 24.1 Å². The van der Waals surface area contributed by atoms with Crippen LogP contribution in [0.4, 0.5) is 11.4 Å². The summed E-state index contributed by atoms with van der Waals surface area (Å²) in [6.07, 6.45) is 4.71. The molecule has 2 bridgehead atoms. The Hall–Kier alpha value is -3.64. The van der Waals surface area contributed by atoms with Gasteiger partial charge >= 0.3 is 0 Å². The monoisotopic (exact) mass is 498 g/mol. The molecule has 7 heteroatoms. The zero-order valence-corrected chi connectivity index (χ0v) is 20.7. The van der Waals surface area contributed by atoms with E-state index in [2.05, 4.69) is 15.6 Å². The molecular weight excluding hydrogens is 472 g/mol. The summed E-state index contributed by atoms with van der Waals surface area (Å²) in [6.45, 7) is 1.93. The highest BCUT2D eigenvalue weighted by Crippen LogP contribution is 2.48. The van der Waals surface area contributed by atoms with Gasteiger partial charge in [0.15, 0.2) is 0 Å². The lowest BCUT2D eigenvalue weighted by molar-refractivity contribution is -0.121. The molecule has 4 aromatic rings. The van der Waals surface area contributed by atoms with Crippen LogP contribution in [-0.2, 0) is 4.79 Å². The fourth-order valence-corrected chi connectivity index (χ4v) is 6.06. The lowest BCUT2D eigenvalue weighted by Gasteiger charge is -2.20. The summed E-state index contributed by atoms with van der Waals surface area (Å²) in [7, 11) is 0. The van der Waals surface area contributed by atoms with Gasteiger partial charge in [-0.05, 0) is 98.2 Å². The highest BCUT2D eigenvalue weighted by Gasteiger charge is 2.43. The molecule has 2 aliphatic rings. The van der Waals surface area contributed by atoms with E-state index in [-0.39, 0.29) is 17.7 Å². The van der Waals surface area contributed by atoms with Crippen LogP contribution in [0.15, 0.2) is 60.7 Å². The lowest BCUT2D eigenvalue weighted by atomic mass is 9.88. The number of benzene rings is 3. The fourth-order valence-electron chi connectivity index (χ4n) is 5.74. The number of aromatic nitrogens is 2. The van der Waals surface area contributed by atoms with Crippen molar-refractivity contribution in [1.29, 1.82) is 0 Å². The number of aryl methyl sites for hydroxylation is 1. The second kappa shape index (κ2) is 9.10. The van der Waals surface area contributed by atoms with Crippen LogP contribution in [0.3, 0.4) is 0 Å². The molecule has 6 nitrogen and oxygen atoms in total. The molecule has 0 aliphatic heterocycles. The third-order valence-corrected chi connectivity index (χ3v) is 7.92. The van der Waals surface area contributed by atoms with Crippen molar-refractivity contribution in [3.8, 4) is 11.4 Å². The Labute approximate surface area is 214 Å². The van der Waals surface area contributed by atoms with Crippen molar-refractivity contribution in [2.24, 2.45) is 17.8 Å². The van der Waals surface area contributed by atoms with Crippen molar-refractivity contribution in [3.63, 3.8) is 0 Å². The molecule has 3 atom stereocenters. The topological polar surface area (TPSA) is 86.9 Å². The molecule has 6 rings (SSSR count). The average Bonchev–Trinajstić information content (AvgIpc) is 3.60. The number of H-pyrrole nitrogens is 1. The van der Waals surface area contributed by atoms with E-state index in [1.54, 1.807) is 12.1 Å².